The van der Waals surface area contributed by atoms with Crippen LogP contribution in [0.1, 0.15) is 31.8 Å². The van der Waals surface area contributed by atoms with E-state index in [9.17, 15) is 14.4 Å². The average Bonchev–Trinajstić information content (AvgIpc) is 2.79. The Balaban J connectivity index is 1.76. The van der Waals surface area contributed by atoms with Crippen molar-refractivity contribution in [2.45, 2.75) is 13.1 Å². The molecule has 0 unspecified atom stereocenters. The van der Waals surface area contributed by atoms with Crippen LogP contribution in [0.15, 0.2) is 79.1 Å². The number of hydrogen-bond donors (Lipinski definition) is 1. The molecule has 3 amide bonds. The van der Waals surface area contributed by atoms with Gasteiger partial charge in [-0.25, -0.2) is 9.59 Å². The monoisotopic (exact) mass is 403 g/mol. The zero-order valence-corrected chi connectivity index (χ0v) is 16.4. The molecule has 1 heterocycles. The fourth-order valence-electron chi connectivity index (χ4n) is 2.83. The van der Waals surface area contributed by atoms with Gasteiger partial charge in [0.05, 0.1) is 12.7 Å². The molecule has 1 N–H and O–H groups in total. The molecule has 0 spiro atoms. The Morgan fingerprint density at radius 1 is 0.867 bits per heavy atom. The maximum absolute atomic E-state index is 12.9. The quantitative estimate of drug-likeness (QED) is 0.637. The molecule has 152 valence electrons. The Labute approximate surface area is 174 Å². The molecular formula is C23H21N3O4. The van der Waals surface area contributed by atoms with Gasteiger partial charge in [-0.15, -0.1) is 0 Å². The largest absolute Gasteiger partial charge is 0.465 e. The van der Waals surface area contributed by atoms with Crippen molar-refractivity contribution < 1.29 is 19.1 Å². The number of pyridine rings is 1. The van der Waals surface area contributed by atoms with Crippen LogP contribution in [-0.4, -0.2) is 34.9 Å². The molecule has 3 aromatic rings. The SMILES string of the molecule is COC(=O)c1ccc(CN(Cc2cccnc2)C(=O)NC(=O)c2ccccc2)cc1. The average molecular weight is 403 g/mol. The van der Waals surface area contributed by atoms with E-state index >= 15 is 0 Å². The molecule has 0 saturated carbocycles. The fourth-order valence-corrected chi connectivity index (χ4v) is 2.83. The number of benzene rings is 2. The summed E-state index contributed by atoms with van der Waals surface area (Å²) in [5, 5.41) is 2.43. The first-order valence-corrected chi connectivity index (χ1v) is 9.28. The highest BCUT2D eigenvalue weighted by atomic mass is 16.5. The summed E-state index contributed by atoms with van der Waals surface area (Å²) in [5.41, 5.74) is 2.44. The van der Waals surface area contributed by atoms with Gasteiger partial charge in [-0.1, -0.05) is 36.4 Å². The number of amides is 3. The van der Waals surface area contributed by atoms with Gasteiger partial charge in [-0.05, 0) is 41.5 Å². The molecule has 0 fully saturated rings. The standard InChI is InChI=1S/C23H21N3O4/c1-30-22(28)20-11-9-17(10-12-20)15-26(16-18-6-5-13-24-14-18)23(29)25-21(27)19-7-3-2-4-8-19/h2-14H,15-16H2,1H3,(H,25,27,29). The topological polar surface area (TPSA) is 88.6 Å². The molecule has 2 aromatic carbocycles. The minimum atomic E-state index is -0.523. The summed E-state index contributed by atoms with van der Waals surface area (Å²) in [4.78, 5) is 42.4. The Morgan fingerprint density at radius 3 is 2.20 bits per heavy atom. The Bertz CT molecular complexity index is 1010. The number of carbonyl (C=O) groups is 3. The molecule has 30 heavy (non-hydrogen) atoms. The van der Waals surface area contributed by atoms with Crippen molar-refractivity contribution in [2.75, 3.05) is 7.11 Å². The number of nitrogens with one attached hydrogen (secondary N) is 1. The van der Waals surface area contributed by atoms with Crippen LogP contribution in [0.3, 0.4) is 0 Å². The summed E-state index contributed by atoms with van der Waals surface area (Å²) < 4.78 is 4.70. The van der Waals surface area contributed by atoms with E-state index in [0.717, 1.165) is 11.1 Å². The summed E-state index contributed by atoms with van der Waals surface area (Å²) in [6.07, 6.45) is 3.32. The molecule has 0 radical (unpaired) electrons. The van der Waals surface area contributed by atoms with E-state index in [2.05, 4.69) is 10.3 Å². The van der Waals surface area contributed by atoms with E-state index in [1.165, 1.54) is 12.0 Å². The lowest BCUT2D eigenvalue weighted by Gasteiger charge is -2.23. The van der Waals surface area contributed by atoms with Gasteiger partial charge >= 0.3 is 12.0 Å². The number of carbonyl (C=O) groups excluding carboxylic acids is 3. The lowest BCUT2D eigenvalue weighted by atomic mass is 10.1. The Kier molecular flexibility index (Phi) is 6.89. The second-order valence-electron chi connectivity index (χ2n) is 6.53. The molecule has 7 heteroatoms. The Morgan fingerprint density at radius 2 is 1.57 bits per heavy atom. The second kappa shape index (κ2) is 9.97. The smallest absolute Gasteiger partial charge is 0.337 e. The van der Waals surface area contributed by atoms with Crippen LogP contribution < -0.4 is 5.32 Å². The van der Waals surface area contributed by atoms with E-state index in [0.29, 0.717) is 11.1 Å². The second-order valence-corrected chi connectivity index (χ2v) is 6.53. The first-order chi connectivity index (χ1) is 14.6. The molecule has 1 aromatic heterocycles. The summed E-state index contributed by atoms with van der Waals surface area (Å²) in [5.74, 6) is -0.905. The van der Waals surface area contributed by atoms with Gasteiger partial charge in [0.25, 0.3) is 5.91 Å². The minimum Gasteiger partial charge on any atom is -0.465 e. The number of nitrogens with zero attached hydrogens (tertiary/aromatic N) is 2. The zero-order valence-electron chi connectivity index (χ0n) is 16.4. The van der Waals surface area contributed by atoms with Gasteiger partial charge in [0.15, 0.2) is 0 Å². The van der Waals surface area contributed by atoms with E-state index in [1.807, 2.05) is 6.07 Å². The Hall–Kier alpha value is -4.00. The van der Waals surface area contributed by atoms with E-state index in [4.69, 9.17) is 4.74 Å². The van der Waals surface area contributed by atoms with Crippen LogP contribution in [0, 0.1) is 0 Å². The maximum atomic E-state index is 12.9. The lowest BCUT2D eigenvalue weighted by molar-refractivity contribution is 0.0600. The van der Waals surface area contributed by atoms with E-state index in [1.54, 1.807) is 73.1 Å². The summed E-state index contributed by atoms with van der Waals surface area (Å²) in [6.45, 7) is 0.505. The number of urea groups is 1. The van der Waals surface area contributed by atoms with Gasteiger partial charge in [0, 0.05) is 31.0 Å². The molecule has 0 saturated heterocycles. The molecule has 0 aliphatic heterocycles. The predicted octanol–water partition coefficient (Wildman–Crippen LogP) is 3.42. The van der Waals surface area contributed by atoms with Crippen molar-refractivity contribution in [3.8, 4) is 0 Å². The van der Waals surface area contributed by atoms with Crippen LogP contribution in [0.5, 0.6) is 0 Å². The first-order valence-electron chi connectivity index (χ1n) is 9.28. The minimum absolute atomic E-state index is 0.240. The molecule has 0 aliphatic carbocycles. The number of methoxy groups -OCH3 is 1. The lowest BCUT2D eigenvalue weighted by Crippen LogP contribution is -2.42. The summed E-state index contributed by atoms with van der Waals surface area (Å²) in [7, 11) is 1.32. The summed E-state index contributed by atoms with van der Waals surface area (Å²) >= 11 is 0. The van der Waals surface area contributed by atoms with E-state index in [-0.39, 0.29) is 13.1 Å². The van der Waals surface area contributed by atoms with Crippen LogP contribution >= 0.6 is 0 Å². The molecule has 0 aliphatic rings. The van der Waals surface area contributed by atoms with Crippen molar-refractivity contribution in [3.05, 3.63) is 101 Å². The third-order valence-corrected chi connectivity index (χ3v) is 4.39. The van der Waals surface area contributed by atoms with Crippen LogP contribution in [0.25, 0.3) is 0 Å². The van der Waals surface area contributed by atoms with Gasteiger partial charge < -0.3 is 9.64 Å². The van der Waals surface area contributed by atoms with E-state index < -0.39 is 17.9 Å². The van der Waals surface area contributed by atoms with Crippen molar-refractivity contribution in [3.63, 3.8) is 0 Å². The highest BCUT2D eigenvalue weighted by Gasteiger charge is 2.18. The number of ether oxygens (including phenoxy) is 1. The number of hydrogen-bond acceptors (Lipinski definition) is 5. The maximum Gasteiger partial charge on any atom is 0.337 e. The fraction of sp³-hybridized carbons (Fsp3) is 0.130. The number of rotatable bonds is 6. The van der Waals surface area contributed by atoms with Gasteiger partial charge in [-0.2, -0.15) is 0 Å². The first kappa shape index (κ1) is 20.7. The van der Waals surface area contributed by atoms with Gasteiger partial charge in [0.1, 0.15) is 0 Å². The highest BCUT2D eigenvalue weighted by molar-refractivity contribution is 6.04. The number of esters is 1. The highest BCUT2D eigenvalue weighted by Crippen LogP contribution is 2.12. The number of imide groups is 1. The van der Waals surface area contributed by atoms with Crippen molar-refractivity contribution in [1.82, 2.24) is 15.2 Å². The van der Waals surface area contributed by atoms with Crippen LogP contribution in [0.4, 0.5) is 4.79 Å². The van der Waals surface area contributed by atoms with Crippen LogP contribution in [0.2, 0.25) is 0 Å². The normalized spacial score (nSPS) is 10.2. The zero-order chi connectivity index (χ0) is 21.3. The van der Waals surface area contributed by atoms with Gasteiger partial charge in [-0.3, -0.25) is 15.1 Å². The van der Waals surface area contributed by atoms with Crippen molar-refractivity contribution in [2.24, 2.45) is 0 Å². The van der Waals surface area contributed by atoms with Crippen LogP contribution in [-0.2, 0) is 17.8 Å². The third kappa shape index (κ3) is 5.51. The molecular weight excluding hydrogens is 382 g/mol. The van der Waals surface area contributed by atoms with Crippen molar-refractivity contribution in [1.29, 1.82) is 0 Å². The molecule has 3 rings (SSSR count). The third-order valence-electron chi connectivity index (χ3n) is 4.39. The number of aromatic nitrogens is 1. The molecule has 0 bridgehead atoms. The predicted molar refractivity (Wildman–Crippen MR) is 111 cm³/mol. The van der Waals surface area contributed by atoms with Crippen molar-refractivity contribution >= 4 is 17.9 Å². The molecule has 7 nitrogen and oxygen atoms in total. The van der Waals surface area contributed by atoms with Gasteiger partial charge in [0.2, 0.25) is 0 Å². The summed E-state index contributed by atoms with van der Waals surface area (Å²) in [6, 6.07) is 18.4. The molecule has 0 atom stereocenters.